The summed E-state index contributed by atoms with van der Waals surface area (Å²) < 4.78 is 13.2. The van der Waals surface area contributed by atoms with Crippen LogP contribution in [0.15, 0.2) is 18.2 Å². The Hall–Kier alpha value is -0.970. The van der Waals surface area contributed by atoms with Crippen molar-refractivity contribution in [3.63, 3.8) is 0 Å². The fourth-order valence-electron chi connectivity index (χ4n) is 2.90. The topological polar surface area (TPSA) is 49.5 Å². The number of aliphatic hydroxyl groups is 1. The molecule has 2 rings (SSSR count). The number of hydrogen-bond acceptors (Lipinski definition) is 3. The van der Waals surface area contributed by atoms with E-state index in [1.165, 1.54) is 25.0 Å². The Morgan fingerprint density at radius 1 is 1.32 bits per heavy atom. The standard InChI is InChI=1S/C15H23FN2O/c16-14-5-4-12(13(9-14)10-17)11-18-7-2-1-3-15(18)6-8-19/h4-5,9,15,19H,1-3,6-8,10-11,17H2. The molecule has 0 amide bonds. The lowest BCUT2D eigenvalue weighted by atomic mass is 9.97. The molecular weight excluding hydrogens is 243 g/mol. The molecule has 0 saturated carbocycles. The average molecular weight is 266 g/mol. The highest BCUT2D eigenvalue weighted by atomic mass is 19.1. The summed E-state index contributed by atoms with van der Waals surface area (Å²) in [6, 6.07) is 5.30. The molecule has 1 saturated heterocycles. The van der Waals surface area contributed by atoms with Gasteiger partial charge in [0.15, 0.2) is 0 Å². The van der Waals surface area contributed by atoms with Gasteiger partial charge in [0.25, 0.3) is 0 Å². The zero-order valence-corrected chi connectivity index (χ0v) is 11.3. The van der Waals surface area contributed by atoms with E-state index in [-0.39, 0.29) is 12.4 Å². The first-order valence-corrected chi connectivity index (χ1v) is 7.07. The van der Waals surface area contributed by atoms with Gasteiger partial charge in [-0.15, -0.1) is 0 Å². The molecule has 1 aromatic rings. The van der Waals surface area contributed by atoms with Crippen LogP contribution in [0.5, 0.6) is 0 Å². The van der Waals surface area contributed by atoms with E-state index < -0.39 is 0 Å². The van der Waals surface area contributed by atoms with E-state index in [2.05, 4.69) is 4.90 Å². The van der Waals surface area contributed by atoms with E-state index >= 15 is 0 Å². The average Bonchev–Trinajstić information content (AvgIpc) is 2.43. The predicted molar refractivity (Wildman–Crippen MR) is 74.0 cm³/mol. The van der Waals surface area contributed by atoms with Crippen molar-refractivity contribution in [1.82, 2.24) is 4.90 Å². The summed E-state index contributed by atoms with van der Waals surface area (Å²) in [4.78, 5) is 2.39. The Bertz CT molecular complexity index is 409. The van der Waals surface area contributed by atoms with Crippen molar-refractivity contribution in [2.45, 2.75) is 44.8 Å². The molecule has 1 aliphatic heterocycles. The first kappa shape index (κ1) is 14.4. The van der Waals surface area contributed by atoms with Gasteiger partial charge in [-0.2, -0.15) is 0 Å². The molecule has 0 radical (unpaired) electrons. The monoisotopic (exact) mass is 266 g/mol. The smallest absolute Gasteiger partial charge is 0.123 e. The van der Waals surface area contributed by atoms with Gasteiger partial charge in [0.2, 0.25) is 0 Å². The molecule has 0 spiro atoms. The van der Waals surface area contributed by atoms with Crippen LogP contribution >= 0.6 is 0 Å². The number of piperidine rings is 1. The zero-order valence-electron chi connectivity index (χ0n) is 11.3. The van der Waals surface area contributed by atoms with Gasteiger partial charge >= 0.3 is 0 Å². The molecule has 1 aliphatic rings. The van der Waals surface area contributed by atoms with E-state index in [1.54, 1.807) is 0 Å². The van der Waals surface area contributed by atoms with Crippen molar-refractivity contribution in [3.05, 3.63) is 35.1 Å². The van der Waals surface area contributed by atoms with Gasteiger partial charge < -0.3 is 10.8 Å². The van der Waals surface area contributed by atoms with Crippen LogP contribution in [0.3, 0.4) is 0 Å². The highest BCUT2D eigenvalue weighted by molar-refractivity contribution is 5.27. The van der Waals surface area contributed by atoms with Crippen molar-refractivity contribution in [3.8, 4) is 0 Å². The normalized spacial score (nSPS) is 20.7. The van der Waals surface area contributed by atoms with Crippen molar-refractivity contribution < 1.29 is 9.50 Å². The summed E-state index contributed by atoms with van der Waals surface area (Å²) in [5.74, 6) is -0.227. The van der Waals surface area contributed by atoms with Crippen molar-refractivity contribution in [2.24, 2.45) is 5.73 Å². The van der Waals surface area contributed by atoms with Crippen LogP contribution in [0.25, 0.3) is 0 Å². The van der Waals surface area contributed by atoms with Gasteiger partial charge in [-0.1, -0.05) is 12.5 Å². The molecule has 1 heterocycles. The summed E-state index contributed by atoms with van der Waals surface area (Å²) in [6.07, 6.45) is 4.38. The Balaban J connectivity index is 2.10. The molecule has 1 aromatic carbocycles. The second-order valence-electron chi connectivity index (χ2n) is 5.25. The molecular formula is C15H23FN2O. The number of hydrogen-bond donors (Lipinski definition) is 2. The summed E-state index contributed by atoms with van der Waals surface area (Å²) in [5, 5.41) is 9.14. The van der Waals surface area contributed by atoms with E-state index in [9.17, 15) is 4.39 Å². The van der Waals surface area contributed by atoms with Crippen molar-refractivity contribution in [1.29, 1.82) is 0 Å². The highest BCUT2D eigenvalue weighted by Gasteiger charge is 2.22. The molecule has 3 N–H and O–H groups in total. The SMILES string of the molecule is NCc1cc(F)ccc1CN1CCCCC1CCO. The maximum Gasteiger partial charge on any atom is 0.123 e. The largest absolute Gasteiger partial charge is 0.396 e. The van der Waals surface area contributed by atoms with E-state index in [0.717, 1.165) is 37.1 Å². The molecule has 1 atom stereocenters. The van der Waals surface area contributed by atoms with Gasteiger partial charge in [0.1, 0.15) is 5.82 Å². The minimum atomic E-state index is -0.227. The van der Waals surface area contributed by atoms with Crippen LogP contribution in [-0.4, -0.2) is 29.2 Å². The number of likely N-dealkylation sites (tertiary alicyclic amines) is 1. The molecule has 0 aromatic heterocycles. The van der Waals surface area contributed by atoms with Gasteiger partial charge in [-0.3, -0.25) is 4.90 Å². The number of aliphatic hydroxyl groups excluding tert-OH is 1. The minimum absolute atomic E-state index is 0.227. The van der Waals surface area contributed by atoms with Crippen LogP contribution < -0.4 is 5.73 Å². The quantitative estimate of drug-likeness (QED) is 0.857. The summed E-state index contributed by atoms with van der Waals surface area (Å²) >= 11 is 0. The highest BCUT2D eigenvalue weighted by Crippen LogP contribution is 2.23. The minimum Gasteiger partial charge on any atom is -0.396 e. The molecule has 19 heavy (non-hydrogen) atoms. The molecule has 1 fully saturated rings. The third kappa shape index (κ3) is 3.75. The first-order valence-electron chi connectivity index (χ1n) is 7.07. The van der Waals surface area contributed by atoms with Gasteiger partial charge in [0, 0.05) is 25.7 Å². The Kier molecular flexibility index (Phi) is 5.31. The zero-order chi connectivity index (χ0) is 13.7. The van der Waals surface area contributed by atoms with Gasteiger partial charge in [0.05, 0.1) is 0 Å². The Morgan fingerprint density at radius 3 is 2.89 bits per heavy atom. The van der Waals surface area contributed by atoms with Crippen LogP contribution in [0.4, 0.5) is 4.39 Å². The Morgan fingerprint density at radius 2 is 2.16 bits per heavy atom. The fourth-order valence-corrected chi connectivity index (χ4v) is 2.90. The number of nitrogens with zero attached hydrogens (tertiary/aromatic N) is 1. The number of nitrogens with two attached hydrogens (primary N) is 1. The second kappa shape index (κ2) is 6.98. The molecule has 106 valence electrons. The third-order valence-electron chi connectivity index (χ3n) is 3.97. The lowest BCUT2D eigenvalue weighted by Gasteiger charge is -2.36. The van der Waals surface area contributed by atoms with Crippen LogP contribution in [-0.2, 0) is 13.1 Å². The van der Waals surface area contributed by atoms with Gasteiger partial charge in [-0.05, 0) is 49.1 Å². The maximum atomic E-state index is 13.2. The predicted octanol–water partition coefficient (Wildman–Crippen LogP) is 2.02. The molecule has 1 unspecified atom stereocenters. The summed E-state index contributed by atoms with van der Waals surface area (Å²) in [6.45, 7) is 2.45. The van der Waals surface area contributed by atoms with E-state index in [1.807, 2.05) is 6.07 Å². The van der Waals surface area contributed by atoms with Crippen molar-refractivity contribution in [2.75, 3.05) is 13.2 Å². The van der Waals surface area contributed by atoms with E-state index in [0.29, 0.717) is 12.6 Å². The van der Waals surface area contributed by atoms with E-state index in [4.69, 9.17) is 10.8 Å². The maximum absolute atomic E-state index is 13.2. The number of rotatable bonds is 5. The number of benzene rings is 1. The van der Waals surface area contributed by atoms with Gasteiger partial charge in [-0.25, -0.2) is 4.39 Å². The molecule has 4 heteroatoms. The van der Waals surface area contributed by atoms with Crippen LogP contribution in [0, 0.1) is 5.82 Å². The second-order valence-corrected chi connectivity index (χ2v) is 5.25. The third-order valence-corrected chi connectivity index (χ3v) is 3.97. The first-order chi connectivity index (χ1) is 9.24. The Labute approximate surface area is 114 Å². The molecule has 0 bridgehead atoms. The lowest BCUT2D eigenvalue weighted by Crippen LogP contribution is -2.39. The number of halogens is 1. The molecule has 3 nitrogen and oxygen atoms in total. The summed E-state index contributed by atoms with van der Waals surface area (Å²) in [7, 11) is 0. The van der Waals surface area contributed by atoms with Crippen molar-refractivity contribution >= 4 is 0 Å². The van der Waals surface area contributed by atoms with Crippen LogP contribution in [0.2, 0.25) is 0 Å². The fraction of sp³-hybridized carbons (Fsp3) is 0.600. The summed E-state index contributed by atoms with van der Waals surface area (Å²) in [5.41, 5.74) is 7.68. The van der Waals surface area contributed by atoms with Crippen LogP contribution in [0.1, 0.15) is 36.8 Å². The lowest BCUT2D eigenvalue weighted by molar-refractivity contribution is 0.112. The molecule has 0 aliphatic carbocycles.